The predicted molar refractivity (Wildman–Crippen MR) is 98.0 cm³/mol. The lowest BCUT2D eigenvalue weighted by Crippen LogP contribution is -2.47. The topological polar surface area (TPSA) is 82.2 Å². The number of anilines is 1. The first-order valence-corrected chi connectivity index (χ1v) is 10.6. The highest BCUT2D eigenvalue weighted by atomic mass is 32.2. The van der Waals surface area contributed by atoms with E-state index in [0.717, 1.165) is 49.0 Å². The average Bonchev–Trinajstić information content (AvgIpc) is 3.06. The molecule has 0 atom stereocenters. The van der Waals surface area contributed by atoms with Gasteiger partial charge in [-0.15, -0.1) is 0 Å². The van der Waals surface area contributed by atoms with Crippen molar-refractivity contribution in [2.24, 2.45) is 5.92 Å². The standard InChI is InChI=1S/C17H25N5O2S/c1-21(17-15-5-6-18-16(15)19-12-20-17)14-9-13(10-14)11-25(23,24)22-7-3-2-4-8-22/h5-6,12-14H,2-4,7-11H2,1H3,(H,18,19,20). The lowest BCUT2D eigenvalue weighted by molar-refractivity contribution is 0.273. The van der Waals surface area contributed by atoms with Crippen LogP contribution in [-0.4, -0.2) is 59.6 Å². The number of hydrogen-bond acceptors (Lipinski definition) is 5. The van der Waals surface area contributed by atoms with Crippen LogP contribution in [0.1, 0.15) is 32.1 Å². The van der Waals surface area contributed by atoms with Gasteiger partial charge in [0.15, 0.2) is 0 Å². The first-order chi connectivity index (χ1) is 12.0. The van der Waals surface area contributed by atoms with Crippen LogP contribution < -0.4 is 4.90 Å². The fraction of sp³-hybridized carbons (Fsp3) is 0.647. The summed E-state index contributed by atoms with van der Waals surface area (Å²) in [6, 6.07) is 2.33. The summed E-state index contributed by atoms with van der Waals surface area (Å²) < 4.78 is 26.8. The molecule has 0 unspecified atom stereocenters. The molecule has 3 heterocycles. The minimum atomic E-state index is -3.10. The minimum Gasteiger partial charge on any atom is -0.356 e. The number of nitrogens with one attached hydrogen (secondary N) is 1. The highest BCUT2D eigenvalue weighted by molar-refractivity contribution is 7.89. The van der Waals surface area contributed by atoms with E-state index in [1.807, 2.05) is 19.3 Å². The van der Waals surface area contributed by atoms with E-state index in [4.69, 9.17) is 0 Å². The van der Waals surface area contributed by atoms with Crippen molar-refractivity contribution in [2.75, 3.05) is 30.8 Å². The van der Waals surface area contributed by atoms with Gasteiger partial charge in [-0.1, -0.05) is 6.42 Å². The summed E-state index contributed by atoms with van der Waals surface area (Å²) >= 11 is 0. The molecule has 0 amide bonds. The zero-order valence-corrected chi connectivity index (χ0v) is 15.4. The summed E-state index contributed by atoms with van der Waals surface area (Å²) in [5, 5.41) is 1.01. The van der Waals surface area contributed by atoms with Crippen LogP contribution in [0.2, 0.25) is 0 Å². The molecule has 0 aromatic carbocycles. The molecule has 0 bridgehead atoms. The van der Waals surface area contributed by atoms with E-state index in [9.17, 15) is 8.42 Å². The largest absolute Gasteiger partial charge is 0.356 e. The molecule has 7 nitrogen and oxygen atoms in total. The highest BCUT2D eigenvalue weighted by Crippen LogP contribution is 2.36. The second-order valence-electron chi connectivity index (χ2n) is 7.28. The monoisotopic (exact) mass is 363 g/mol. The van der Waals surface area contributed by atoms with E-state index in [0.29, 0.717) is 24.9 Å². The smallest absolute Gasteiger partial charge is 0.214 e. The van der Waals surface area contributed by atoms with Crippen molar-refractivity contribution in [2.45, 2.75) is 38.1 Å². The van der Waals surface area contributed by atoms with Gasteiger partial charge in [0, 0.05) is 32.4 Å². The van der Waals surface area contributed by atoms with Crippen LogP contribution in [0, 0.1) is 5.92 Å². The van der Waals surface area contributed by atoms with Gasteiger partial charge in [-0.25, -0.2) is 22.7 Å². The number of hydrogen-bond donors (Lipinski definition) is 1. The quantitative estimate of drug-likeness (QED) is 0.878. The maximum atomic E-state index is 12.6. The number of aromatic amines is 1. The number of fused-ring (bicyclic) bond motifs is 1. The highest BCUT2D eigenvalue weighted by Gasteiger charge is 2.37. The number of rotatable bonds is 5. The molecule has 136 valence electrons. The Balaban J connectivity index is 1.38. The third kappa shape index (κ3) is 3.25. The van der Waals surface area contributed by atoms with Crippen LogP contribution >= 0.6 is 0 Å². The zero-order chi connectivity index (χ0) is 17.4. The van der Waals surface area contributed by atoms with Crippen molar-refractivity contribution < 1.29 is 8.42 Å². The minimum absolute atomic E-state index is 0.253. The van der Waals surface area contributed by atoms with E-state index in [1.54, 1.807) is 10.6 Å². The van der Waals surface area contributed by atoms with E-state index in [2.05, 4.69) is 19.9 Å². The van der Waals surface area contributed by atoms with Crippen molar-refractivity contribution in [3.63, 3.8) is 0 Å². The molecule has 0 spiro atoms. The SMILES string of the molecule is CN(c1ncnc2[nH]ccc12)C1CC(CS(=O)(=O)N2CCCCC2)C1. The summed E-state index contributed by atoms with van der Waals surface area (Å²) in [5.41, 5.74) is 0.834. The third-order valence-electron chi connectivity index (χ3n) is 5.58. The molecule has 0 radical (unpaired) electrons. The molecule has 25 heavy (non-hydrogen) atoms. The van der Waals surface area contributed by atoms with Crippen LogP contribution in [0.4, 0.5) is 5.82 Å². The summed E-state index contributed by atoms with van der Waals surface area (Å²) in [6.07, 6.45) is 8.38. The first-order valence-electron chi connectivity index (χ1n) is 9.03. The van der Waals surface area contributed by atoms with Crippen LogP contribution in [0.5, 0.6) is 0 Å². The number of piperidine rings is 1. The van der Waals surface area contributed by atoms with Crippen molar-refractivity contribution in [3.8, 4) is 0 Å². The van der Waals surface area contributed by atoms with E-state index in [-0.39, 0.29) is 5.92 Å². The molecule has 2 aliphatic rings. The summed E-state index contributed by atoms with van der Waals surface area (Å²) in [7, 11) is -1.06. The zero-order valence-electron chi connectivity index (χ0n) is 14.6. The van der Waals surface area contributed by atoms with Crippen LogP contribution in [0.15, 0.2) is 18.6 Å². The molecular weight excluding hydrogens is 338 g/mol. The van der Waals surface area contributed by atoms with E-state index >= 15 is 0 Å². The maximum absolute atomic E-state index is 12.6. The van der Waals surface area contributed by atoms with Crippen molar-refractivity contribution in [1.29, 1.82) is 0 Å². The predicted octanol–water partition coefficient (Wildman–Crippen LogP) is 1.99. The molecule has 2 aromatic heterocycles. The number of nitrogens with zero attached hydrogens (tertiary/aromatic N) is 4. The Morgan fingerprint density at radius 3 is 2.76 bits per heavy atom. The molecular formula is C17H25N5O2S. The Bertz CT molecular complexity index is 838. The molecule has 4 rings (SSSR count). The Hall–Kier alpha value is -1.67. The number of H-pyrrole nitrogens is 1. The molecule has 8 heteroatoms. The molecule has 1 saturated carbocycles. The number of aromatic nitrogens is 3. The summed E-state index contributed by atoms with van der Waals surface area (Å²) in [6.45, 7) is 1.40. The van der Waals surface area contributed by atoms with Crippen LogP contribution in [0.25, 0.3) is 11.0 Å². The van der Waals surface area contributed by atoms with Gasteiger partial charge in [-0.2, -0.15) is 0 Å². The fourth-order valence-corrected chi connectivity index (χ4v) is 5.91. The van der Waals surface area contributed by atoms with Gasteiger partial charge >= 0.3 is 0 Å². The van der Waals surface area contributed by atoms with Crippen LogP contribution in [0.3, 0.4) is 0 Å². The average molecular weight is 363 g/mol. The molecule has 1 aliphatic carbocycles. The second kappa shape index (κ2) is 6.57. The van der Waals surface area contributed by atoms with Gasteiger partial charge in [0.25, 0.3) is 0 Å². The van der Waals surface area contributed by atoms with Gasteiger partial charge in [0.2, 0.25) is 10.0 Å². The lowest BCUT2D eigenvalue weighted by atomic mass is 9.81. The van der Waals surface area contributed by atoms with Gasteiger partial charge in [-0.05, 0) is 37.7 Å². The van der Waals surface area contributed by atoms with Gasteiger partial charge in [0.1, 0.15) is 17.8 Å². The van der Waals surface area contributed by atoms with Crippen LogP contribution in [-0.2, 0) is 10.0 Å². The lowest BCUT2D eigenvalue weighted by Gasteiger charge is -2.42. The summed E-state index contributed by atoms with van der Waals surface area (Å²) in [5.74, 6) is 1.46. The third-order valence-corrected chi connectivity index (χ3v) is 7.62. The second-order valence-corrected chi connectivity index (χ2v) is 9.29. The Morgan fingerprint density at radius 1 is 1.24 bits per heavy atom. The van der Waals surface area contributed by atoms with Gasteiger partial charge < -0.3 is 9.88 Å². The normalized spacial score (nSPS) is 25.0. The van der Waals surface area contributed by atoms with E-state index in [1.165, 1.54) is 0 Å². The maximum Gasteiger partial charge on any atom is 0.214 e. The molecule has 2 aromatic rings. The van der Waals surface area contributed by atoms with E-state index < -0.39 is 10.0 Å². The molecule has 1 aliphatic heterocycles. The van der Waals surface area contributed by atoms with Gasteiger partial charge in [0.05, 0.1) is 11.1 Å². The number of sulfonamides is 1. The Morgan fingerprint density at radius 2 is 2.00 bits per heavy atom. The first kappa shape index (κ1) is 16.8. The molecule has 2 fully saturated rings. The molecule has 1 N–H and O–H groups in total. The van der Waals surface area contributed by atoms with Gasteiger partial charge in [-0.3, -0.25) is 0 Å². The summed E-state index contributed by atoms with van der Waals surface area (Å²) in [4.78, 5) is 13.9. The molecule has 1 saturated heterocycles. The van der Waals surface area contributed by atoms with Crippen molar-refractivity contribution in [3.05, 3.63) is 18.6 Å². The van der Waals surface area contributed by atoms with Crippen molar-refractivity contribution in [1.82, 2.24) is 19.3 Å². The van der Waals surface area contributed by atoms with Crippen molar-refractivity contribution >= 4 is 26.9 Å². The fourth-order valence-electron chi connectivity index (χ4n) is 4.01. The Labute approximate surface area is 148 Å². The Kier molecular flexibility index (Phi) is 4.41.